The summed E-state index contributed by atoms with van der Waals surface area (Å²) in [5.74, 6) is -2.16. The number of halogens is 3. The molecule has 0 radical (unpaired) electrons. The van der Waals surface area contributed by atoms with Gasteiger partial charge in [-0.2, -0.15) is 13.2 Å². The molecule has 0 saturated carbocycles. The minimum atomic E-state index is -4.59. The van der Waals surface area contributed by atoms with Gasteiger partial charge in [-0.25, -0.2) is 4.98 Å². The first kappa shape index (κ1) is 12.3. The molecule has 0 aliphatic heterocycles. The van der Waals surface area contributed by atoms with Gasteiger partial charge < -0.3 is 5.11 Å². The molecular formula is C10H8F3N3O2. The minimum absolute atomic E-state index is 0.0688. The average molecular weight is 259 g/mol. The topological polar surface area (TPSA) is 67.5 Å². The number of imidazole rings is 1. The average Bonchev–Trinajstić information content (AvgIpc) is 2.65. The molecular weight excluding hydrogens is 251 g/mol. The molecule has 18 heavy (non-hydrogen) atoms. The molecule has 0 fully saturated rings. The van der Waals surface area contributed by atoms with Gasteiger partial charge in [0, 0.05) is 18.8 Å². The number of hydrogen-bond donors (Lipinski definition) is 1. The Hall–Kier alpha value is -2.12. The first-order valence-corrected chi connectivity index (χ1v) is 4.99. The highest BCUT2D eigenvalue weighted by atomic mass is 19.4. The van der Waals surface area contributed by atoms with Gasteiger partial charge in [-0.15, -0.1) is 0 Å². The van der Waals surface area contributed by atoms with Crippen LogP contribution >= 0.6 is 0 Å². The van der Waals surface area contributed by atoms with Gasteiger partial charge in [0.2, 0.25) is 5.82 Å². The number of aryl methyl sites for hydroxylation is 1. The van der Waals surface area contributed by atoms with Crippen LogP contribution in [0.2, 0.25) is 0 Å². The third kappa shape index (κ3) is 2.27. The van der Waals surface area contributed by atoms with Crippen molar-refractivity contribution in [2.24, 2.45) is 0 Å². The van der Waals surface area contributed by atoms with Crippen molar-refractivity contribution in [2.45, 2.75) is 19.0 Å². The summed E-state index contributed by atoms with van der Waals surface area (Å²) in [6.07, 6.45) is -1.34. The number of carbonyl (C=O) groups is 1. The fourth-order valence-electron chi connectivity index (χ4n) is 1.61. The maximum absolute atomic E-state index is 12.7. The van der Waals surface area contributed by atoms with Gasteiger partial charge in [0.25, 0.3) is 0 Å². The van der Waals surface area contributed by atoms with Gasteiger partial charge in [-0.1, -0.05) is 0 Å². The SMILES string of the molecule is O=C(O)CCc1nc(C(F)(F)F)n2ccncc12. The van der Waals surface area contributed by atoms with Crippen LogP contribution in [0.3, 0.4) is 0 Å². The van der Waals surface area contributed by atoms with E-state index in [1.807, 2.05) is 0 Å². The van der Waals surface area contributed by atoms with Crippen LogP contribution in [0.25, 0.3) is 5.52 Å². The molecule has 96 valence electrons. The lowest BCUT2D eigenvalue weighted by molar-refractivity contribution is -0.145. The molecule has 2 heterocycles. The zero-order valence-corrected chi connectivity index (χ0v) is 8.98. The number of rotatable bonds is 3. The number of fused-ring (bicyclic) bond motifs is 1. The smallest absolute Gasteiger partial charge is 0.450 e. The maximum atomic E-state index is 12.7. The van der Waals surface area contributed by atoms with Gasteiger partial charge in [0.1, 0.15) is 0 Å². The van der Waals surface area contributed by atoms with Crippen molar-refractivity contribution >= 4 is 11.5 Å². The largest absolute Gasteiger partial charge is 0.481 e. The monoisotopic (exact) mass is 259 g/mol. The first-order chi connectivity index (χ1) is 8.39. The second-order valence-corrected chi connectivity index (χ2v) is 3.61. The fourth-order valence-corrected chi connectivity index (χ4v) is 1.61. The van der Waals surface area contributed by atoms with Gasteiger partial charge in [-0.3, -0.25) is 14.2 Å². The quantitative estimate of drug-likeness (QED) is 0.912. The van der Waals surface area contributed by atoms with E-state index < -0.39 is 18.0 Å². The third-order valence-electron chi connectivity index (χ3n) is 2.35. The maximum Gasteiger partial charge on any atom is 0.450 e. The van der Waals surface area contributed by atoms with E-state index in [0.717, 1.165) is 10.6 Å². The molecule has 1 N–H and O–H groups in total. The van der Waals surface area contributed by atoms with Crippen LogP contribution in [0.1, 0.15) is 17.9 Å². The van der Waals surface area contributed by atoms with Crippen molar-refractivity contribution in [3.8, 4) is 0 Å². The molecule has 0 aromatic carbocycles. The van der Waals surface area contributed by atoms with Crippen molar-refractivity contribution in [3.05, 3.63) is 30.1 Å². The van der Waals surface area contributed by atoms with Crippen molar-refractivity contribution in [2.75, 3.05) is 0 Å². The van der Waals surface area contributed by atoms with Gasteiger partial charge in [0.15, 0.2) is 0 Å². The first-order valence-electron chi connectivity index (χ1n) is 4.99. The summed E-state index contributed by atoms with van der Waals surface area (Å²) in [5, 5.41) is 8.54. The van der Waals surface area contributed by atoms with E-state index in [2.05, 4.69) is 9.97 Å². The van der Waals surface area contributed by atoms with E-state index in [9.17, 15) is 18.0 Å². The van der Waals surface area contributed by atoms with Crippen LogP contribution < -0.4 is 0 Å². The number of hydrogen-bond acceptors (Lipinski definition) is 3. The molecule has 0 atom stereocenters. The van der Waals surface area contributed by atoms with Crippen LogP contribution in [-0.4, -0.2) is 25.4 Å². The van der Waals surface area contributed by atoms with Gasteiger partial charge in [0.05, 0.1) is 23.8 Å². The highest BCUT2D eigenvalue weighted by Crippen LogP contribution is 2.30. The van der Waals surface area contributed by atoms with Crippen LogP contribution in [0.15, 0.2) is 18.6 Å². The molecule has 0 saturated heterocycles. The number of aliphatic carboxylic acids is 1. The molecule has 0 unspecified atom stereocenters. The van der Waals surface area contributed by atoms with Gasteiger partial charge >= 0.3 is 12.1 Å². The lowest BCUT2D eigenvalue weighted by Gasteiger charge is -2.03. The van der Waals surface area contributed by atoms with Crippen LogP contribution in [-0.2, 0) is 17.4 Å². The zero-order chi connectivity index (χ0) is 13.3. The van der Waals surface area contributed by atoms with E-state index in [0.29, 0.717) is 0 Å². The summed E-state index contributed by atoms with van der Waals surface area (Å²) in [5.41, 5.74) is 0.254. The van der Waals surface area contributed by atoms with Gasteiger partial charge in [-0.05, 0) is 0 Å². The molecule has 0 aliphatic carbocycles. The standard InChI is InChI=1S/C10H8F3N3O2/c11-10(12,13)9-15-6(1-2-8(17)18)7-5-14-3-4-16(7)9/h3-5H,1-2H2,(H,17,18). The van der Waals surface area contributed by atoms with E-state index >= 15 is 0 Å². The molecule has 5 nitrogen and oxygen atoms in total. The van der Waals surface area contributed by atoms with E-state index in [4.69, 9.17) is 5.11 Å². The molecule has 2 aromatic rings. The van der Waals surface area contributed by atoms with Crippen molar-refractivity contribution < 1.29 is 23.1 Å². The molecule has 8 heteroatoms. The Morgan fingerprint density at radius 2 is 2.17 bits per heavy atom. The highest BCUT2D eigenvalue weighted by molar-refractivity contribution is 5.67. The number of carboxylic acid groups (broad SMARTS) is 1. The molecule has 2 rings (SSSR count). The Morgan fingerprint density at radius 1 is 1.44 bits per heavy atom. The highest BCUT2D eigenvalue weighted by Gasteiger charge is 2.37. The summed E-state index contributed by atoms with van der Waals surface area (Å²) in [7, 11) is 0. The second kappa shape index (κ2) is 4.28. The summed E-state index contributed by atoms with van der Waals surface area (Å²) < 4.78 is 39.0. The molecule has 0 amide bonds. The van der Waals surface area contributed by atoms with E-state index in [1.165, 1.54) is 12.4 Å². The number of aromatic nitrogens is 3. The summed E-state index contributed by atoms with van der Waals surface area (Å²) in [4.78, 5) is 17.6. The predicted molar refractivity (Wildman–Crippen MR) is 53.9 cm³/mol. The lowest BCUT2D eigenvalue weighted by Crippen LogP contribution is -2.10. The third-order valence-corrected chi connectivity index (χ3v) is 2.35. The van der Waals surface area contributed by atoms with E-state index in [-0.39, 0.29) is 24.1 Å². The van der Waals surface area contributed by atoms with Crippen molar-refractivity contribution in [1.82, 2.24) is 14.4 Å². The van der Waals surface area contributed by atoms with Crippen LogP contribution in [0, 0.1) is 0 Å². The summed E-state index contributed by atoms with van der Waals surface area (Å²) >= 11 is 0. The molecule has 0 bridgehead atoms. The molecule has 0 aliphatic rings. The Kier molecular flexibility index (Phi) is 2.93. The summed E-state index contributed by atoms with van der Waals surface area (Å²) in [6.45, 7) is 0. The lowest BCUT2D eigenvalue weighted by atomic mass is 10.2. The van der Waals surface area contributed by atoms with Crippen molar-refractivity contribution in [3.63, 3.8) is 0 Å². The number of carboxylic acids is 1. The minimum Gasteiger partial charge on any atom is -0.481 e. The Balaban J connectivity index is 2.51. The molecule has 0 spiro atoms. The number of alkyl halides is 3. The predicted octanol–water partition coefficient (Wildman–Crippen LogP) is 1.77. The van der Waals surface area contributed by atoms with E-state index in [1.54, 1.807) is 0 Å². The zero-order valence-electron chi connectivity index (χ0n) is 8.98. The second-order valence-electron chi connectivity index (χ2n) is 3.61. The Labute approximate surface area is 98.9 Å². The normalized spacial score (nSPS) is 11.9. The van der Waals surface area contributed by atoms with Crippen molar-refractivity contribution in [1.29, 1.82) is 0 Å². The molecule has 2 aromatic heterocycles. The fraction of sp³-hybridized carbons (Fsp3) is 0.300. The summed E-state index contributed by atoms with van der Waals surface area (Å²) in [6, 6.07) is 0. The Bertz CT molecular complexity index is 592. The van der Waals surface area contributed by atoms with Crippen LogP contribution in [0.5, 0.6) is 0 Å². The van der Waals surface area contributed by atoms with Crippen LogP contribution in [0.4, 0.5) is 13.2 Å². The number of nitrogens with zero attached hydrogens (tertiary/aromatic N) is 3. The Morgan fingerprint density at radius 3 is 2.78 bits per heavy atom.